The summed E-state index contributed by atoms with van der Waals surface area (Å²) in [6, 6.07) is 2.65. The molecule has 0 aromatic heterocycles. The van der Waals surface area contributed by atoms with Gasteiger partial charge in [0.25, 0.3) is 0 Å². The Morgan fingerprint density at radius 2 is 1.50 bits per heavy atom. The van der Waals surface area contributed by atoms with Crippen LogP contribution in [-0.4, -0.2) is 53.7 Å². The molecule has 0 aromatic rings. The minimum atomic E-state index is -0.932. The lowest BCUT2D eigenvalue weighted by molar-refractivity contribution is 0.0374. The van der Waals surface area contributed by atoms with Gasteiger partial charge >= 0.3 is 0 Å². The van der Waals surface area contributed by atoms with Gasteiger partial charge in [-0.15, -0.1) is 0 Å². The second-order valence-electron chi connectivity index (χ2n) is 8.26. The first-order valence-electron chi connectivity index (χ1n) is 8.07. The average Bonchev–Trinajstić information content (AvgIpc) is 2.25. The summed E-state index contributed by atoms with van der Waals surface area (Å²) in [5.41, 5.74) is 0. The second kappa shape index (κ2) is 10.1. The van der Waals surface area contributed by atoms with Crippen molar-refractivity contribution in [1.82, 2.24) is 5.32 Å². The average molecular weight is 320 g/mol. The molecule has 1 unspecified atom stereocenters. The molecule has 0 saturated heterocycles. The quantitative estimate of drug-likeness (QED) is 0.428. The molecule has 2 N–H and O–H groups in total. The fourth-order valence-electron chi connectivity index (χ4n) is 2.00. The van der Waals surface area contributed by atoms with Crippen molar-refractivity contribution in [3.8, 4) is 0 Å². The second-order valence-corrected chi connectivity index (χ2v) is 19.5. The van der Waals surface area contributed by atoms with Gasteiger partial charge in [-0.1, -0.05) is 51.4 Å². The van der Waals surface area contributed by atoms with E-state index in [1.165, 1.54) is 18.5 Å². The van der Waals surface area contributed by atoms with Crippen LogP contribution < -0.4 is 5.32 Å². The molecule has 0 aliphatic heterocycles. The molecule has 0 heterocycles. The monoisotopic (exact) mass is 319 g/mol. The Balaban J connectivity index is 3.35. The largest absolute Gasteiger partial charge is 0.389 e. The van der Waals surface area contributed by atoms with Gasteiger partial charge in [-0.25, -0.2) is 0 Å². The molecular formula is C15H37NO2Si2. The van der Waals surface area contributed by atoms with Crippen LogP contribution >= 0.6 is 0 Å². The highest BCUT2D eigenvalue weighted by molar-refractivity contribution is 6.76. The minimum absolute atomic E-state index is 0.367. The summed E-state index contributed by atoms with van der Waals surface area (Å²) in [5.74, 6) is 0. The van der Waals surface area contributed by atoms with Crippen molar-refractivity contribution in [1.29, 1.82) is 0 Å². The maximum absolute atomic E-state index is 9.80. The van der Waals surface area contributed by atoms with E-state index >= 15 is 0 Å². The zero-order valence-corrected chi connectivity index (χ0v) is 16.6. The third-order valence-corrected chi connectivity index (χ3v) is 6.89. The van der Waals surface area contributed by atoms with Gasteiger partial charge in [0, 0.05) is 29.3 Å². The summed E-state index contributed by atoms with van der Waals surface area (Å²) in [6.07, 6.45) is 1.99. The molecule has 0 aromatic carbocycles. The molecule has 0 bridgehead atoms. The number of rotatable bonds is 12. The zero-order chi connectivity index (χ0) is 15.6. The Morgan fingerprint density at radius 1 is 0.950 bits per heavy atom. The van der Waals surface area contributed by atoms with Crippen molar-refractivity contribution in [2.75, 3.05) is 26.3 Å². The molecule has 5 heteroatoms. The molecule has 0 aliphatic rings. The molecule has 0 rings (SSSR count). The fraction of sp³-hybridized carbons (Fsp3) is 1.00. The Kier molecular flexibility index (Phi) is 10.3. The van der Waals surface area contributed by atoms with Crippen molar-refractivity contribution in [2.45, 2.75) is 70.3 Å². The van der Waals surface area contributed by atoms with Gasteiger partial charge in [0.05, 0.1) is 12.7 Å². The number of nitrogens with one attached hydrogen (secondary N) is 1. The molecule has 1 atom stereocenters. The van der Waals surface area contributed by atoms with Gasteiger partial charge in [-0.05, 0) is 19.4 Å². The van der Waals surface area contributed by atoms with Crippen molar-refractivity contribution < 1.29 is 9.84 Å². The summed E-state index contributed by atoms with van der Waals surface area (Å²) in [5, 5.41) is 13.1. The summed E-state index contributed by atoms with van der Waals surface area (Å²) >= 11 is 0. The summed E-state index contributed by atoms with van der Waals surface area (Å²) in [6.45, 7) is 17.3. The maximum atomic E-state index is 9.80. The van der Waals surface area contributed by atoms with Crippen LogP contribution in [-0.2, 0) is 4.74 Å². The van der Waals surface area contributed by atoms with E-state index in [1.54, 1.807) is 0 Å². The highest BCUT2D eigenvalue weighted by Gasteiger charge is 2.13. The Hall–Kier alpha value is 0.314. The topological polar surface area (TPSA) is 41.5 Å². The first-order valence-corrected chi connectivity index (χ1v) is 15.5. The zero-order valence-electron chi connectivity index (χ0n) is 14.6. The lowest BCUT2D eigenvalue weighted by Gasteiger charge is -2.17. The number of hydrogen-bond acceptors (Lipinski definition) is 3. The van der Waals surface area contributed by atoms with E-state index in [4.69, 9.17) is 4.74 Å². The number of ether oxygens (including phenoxy) is 1. The van der Waals surface area contributed by atoms with E-state index in [-0.39, 0.29) is 6.10 Å². The highest BCUT2D eigenvalue weighted by Crippen LogP contribution is 2.11. The van der Waals surface area contributed by atoms with Crippen LogP contribution in [0.15, 0.2) is 0 Å². The molecule has 0 saturated carbocycles. The van der Waals surface area contributed by atoms with Gasteiger partial charge in [0.2, 0.25) is 0 Å². The third kappa shape index (κ3) is 16.4. The van der Waals surface area contributed by atoms with Crippen LogP contribution in [0.1, 0.15) is 12.8 Å². The molecule has 0 spiro atoms. The fourth-order valence-corrected chi connectivity index (χ4v) is 4.44. The number of aliphatic hydroxyl groups excluding tert-OH is 1. The van der Waals surface area contributed by atoms with Crippen LogP contribution in [0.3, 0.4) is 0 Å². The van der Waals surface area contributed by atoms with Crippen LogP contribution in [0, 0.1) is 0 Å². The minimum Gasteiger partial charge on any atom is -0.389 e. The Bertz CT molecular complexity index is 213. The van der Waals surface area contributed by atoms with Crippen LogP contribution in [0.25, 0.3) is 0 Å². The molecule has 3 nitrogen and oxygen atoms in total. The number of hydrogen-bond donors (Lipinski definition) is 2. The predicted octanol–water partition coefficient (Wildman–Crippen LogP) is 3.41. The summed E-state index contributed by atoms with van der Waals surface area (Å²) in [4.78, 5) is 0. The molecule has 0 aliphatic carbocycles. The SMILES string of the molecule is C[Si](C)(C)CCCNCC(O)COCCC[Si](C)(C)C. The molecule has 0 fully saturated rings. The molecule has 0 amide bonds. The van der Waals surface area contributed by atoms with Crippen LogP contribution in [0.4, 0.5) is 0 Å². The van der Waals surface area contributed by atoms with Crippen LogP contribution in [0.5, 0.6) is 0 Å². The van der Waals surface area contributed by atoms with E-state index in [2.05, 4.69) is 44.6 Å². The van der Waals surface area contributed by atoms with E-state index in [0.29, 0.717) is 13.2 Å². The normalized spacial score (nSPS) is 14.6. The summed E-state index contributed by atoms with van der Waals surface area (Å²) in [7, 11) is -1.84. The molecular weight excluding hydrogens is 282 g/mol. The summed E-state index contributed by atoms with van der Waals surface area (Å²) < 4.78 is 5.54. The van der Waals surface area contributed by atoms with Gasteiger partial charge in [0.15, 0.2) is 0 Å². The van der Waals surface area contributed by atoms with Crippen molar-refractivity contribution >= 4 is 16.1 Å². The van der Waals surface area contributed by atoms with Gasteiger partial charge in [-0.3, -0.25) is 0 Å². The first-order chi connectivity index (χ1) is 9.10. The highest BCUT2D eigenvalue weighted by atomic mass is 28.3. The predicted molar refractivity (Wildman–Crippen MR) is 95.2 cm³/mol. The van der Waals surface area contributed by atoms with Crippen LogP contribution in [0.2, 0.25) is 51.4 Å². The maximum Gasteiger partial charge on any atom is 0.0897 e. The molecule has 20 heavy (non-hydrogen) atoms. The number of aliphatic hydroxyl groups is 1. The molecule has 0 radical (unpaired) electrons. The third-order valence-electron chi connectivity index (χ3n) is 3.19. The lowest BCUT2D eigenvalue weighted by atomic mass is 10.3. The Labute approximate surface area is 128 Å². The van der Waals surface area contributed by atoms with Gasteiger partial charge < -0.3 is 15.2 Å². The lowest BCUT2D eigenvalue weighted by Crippen LogP contribution is -2.32. The Morgan fingerprint density at radius 3 is 2.05 bits per heavy atom. The first kappa shape index (κ1) is 20.3. The van der Waals surface area contributed by atoms with E-state index in [1.807, 2.05) is 0 Å². The van der Waals surface area contributed by atoms with Crippen molar-refractivity contribution in [2.24, 2.45) is 0 Å². The molecule has 122 valence electrons. The van der Waals surface area contributed by atoms with E-state index in [9.17, 15) is 5.11 Å². The van der Waals surface area contributed by atoms with Gasteiger partial charge in [-0.2, -0.15) is 0 Å². The smallest absolute Gasteiger partial charge is 0.0897 e. The van der Waals surface area contributed by atoms with Crippen molar-refractivity contribution in [3.05, 3.63) is 0 Å². The van der Waals surface area contributed by atoms with E-state index < -0.39 is 16.1 Å². The van der Waals surface area contributed by atoms with E-state index in [0.717, 1.165) is 19.6 Å². The standard InChI is InChI=1S/C15H37NO2Si2/c1-19(2,3)11-7-9-16-13-15(17)14-18-10-8-12-20(4,5)6/h15-17H,7-14H2,1-6H3. The van der Waals surface area contributed by atoms with Crippen molar-refractivity contribution in [3.63, 3.8) is 0 Å². The van der Waals surface area contributed by atoms with Gasteiger partial charge in [0.1, 0.15) is 0 Å².